The van der Waals surface area contributed by atoms with Crippen molar-refractivity contribution in [3.05, 3.63) is 0 Å². The van der Waals surface area contributed by atoms with E-state index >= 15 is 0 Å². The van der Waals surface area contributed by atoms with E-state index in [1.165, 1.54) is 4.90 Å². The molecule has 0 aliphatic carbocycles. The van der Waals surface area contributed by atoms with Gasteiger partial charge in [-0.25, -0.2) is 4.79 Å². The molecule has 1 aliphatic rings. The number of primary amides is 1. The molecule has 1 heterocycles. The third-order valence-corrected chi connectivity index (χ3v) is 2.96. The van der Waals surface area contributed by atoms with E-state index in [1.807, 2.05) is 0 Å². The second-order valence-corrected chi connectivity index (χ2v) is 4.94. The fourth-order valence-corrected chi connectivity index (χ4v) is 1.90. The van der Waals surface area contributed by atoms with Crippen LogP contribution in [0.1, 0.15) is 20.3 Å². The first-order valence-electron chi connectivity index (χ1n) is 5.87. The van der Waals surface area contributed by atoms with Crippen LogP contribution in [0.4, 0.5) is 4.79 Å². The van der Waals surface area contributed by atoms with E-state index in [9.17, 15) is 14.4 Å². The summed E-state index contributed by atoms with van der Waals surface area (Å²) in [6.45, 7) is 4.39. The van der Waals surface area contributed by atoms with Crippen LogP contribution in [-0.4, -0.2) is 47.0 Å². The van der Waals surface area contributed by atoms with E-state index in [0.717, 1.165) is 0 Å². The summed E-state index contributed by atoms with van der Waals surface area (Å²) in [5, 5.41) is 11.1. The average Bonchev–Trinajstić information content (AvgIpc) is 2.17. The molecule has 7 heteroatoms. The molecule has 1 unspecified atom stereocenters. The predicted molar refractivity (Wildman–Crippen MR) is 63.7 cm³/mol. The molecule has 0 aromatic rings. The summed E-state index contributed by atoms with van der Waals surface area (Å²) in [6.07, 6.45) is 0.0627. The topological polar surface area (TPSA) is 113 Å². The van der Waals surface area contributed by atoms with Crippen molar-refractivity contribution < 1.29 is 19.5 Å². The molecule has 0 spiro atoms. The SMILES string of the molecule is CC(C)C(NC(=O)N1CC(CC(=O)O)C1)C(N)=O. The maximum absolute atomic E-state index is 11.7. The number of hydrogen-bond acceptors (Lipinski definition) is 3. The lowest BCUT2D eigenvalue weighted by Gasteiger charge is -2.39. The second kappa shape index (κ2) is 5.70. The van der Waals surface area contributed by atoms with Crippen molar-refractivity contribution >= 4 is 17.9 Å². The standard InChI is InChI=1S/C11H19N3O4/c1-6(2)9(10(12)17)13-11(18)14-4-7(5-14)3-8(15)16/h6-7,9H,3-5H2,1-2H3,(H2,12,17)(H,13,18)(H,15,16). The van der Waals surface area contributed by atoms with Crippen LogP contribution in [0.25, 0.3) is 0 Å². The van der Waals surface area contributed by atoms with Gasteiger partial charge in [-0.3, -0.25) is 9.59 Å². The van der Waals surface area contributed by atoms with E-state index in [-0.39, 0.29) is 24.3 Å². The van der Waals surface area contributed by atoms with Crippen molar-refractivity contribution in [2.45, 2.75) is 26.3 Å². The number of nitrogens with one attached hydrogen (secondary N) is 1. The molecule has 0 saturated carbocycles. The Morgan fingerprint density at radius 2 is 1.94 bits per heavy atom. The Bertz CT molecular complexity index is 350. The van der Waals surface area contributed by atoms with Crippen molar-refractivity contribution in [3.8, 4) is 0 Å². The summed E-state index contributed by atoms with van der Waals surface area (Å²) in [4.78, 5) is 34.8. The third-order valence-electron chi connectivity index (χ3n) is 2.96. The van der Waals surface area contributed by atoms with Crippen molar-refractivity contribution in [2.75, 3.05) is 13.1 Å². The minimum atomic E-state index is -0.864. The molecule has 1 aliphatic heterocycles. The van der Waals surface area contributed by atoms with Gasteiger partial charge in [-0.15, -0.1) is 0 Å². The number of carboxylic acid groups (broad SMARTS) is 1. The lowest BCUT2D eigenvalue weighted by Crippen LogP contribution is -2.58. The van der Waals surface area contributed by atoms with Crippen LogP contribution < -0.4 is 11.1 Å². The Balaban J connectivity index is 2.39. The second-order valence-electron chi connectivity index (χ2n) is 4.94. The summed E-state index contributed by atoms with van der Waals surface area (Å²) in [6, 6.07) is -1.06. The van der Waals surface area contributed by atoms with Crippen LogP contribution in [0, 0.1) is 11.8 Å². The minimum absolute atomic E-state index is 0.000622. The molecule has 102 valence electrons. The maximum Gasteiger partial charge on any atom is 0.318 e. The molecule has 1 saturated heterocycles. The van der Waals surface area contributed by atoms with Gasteiger partial charge >= 0.3 is 12.0 Å². The van der Waals surface area contributed by atoms with Gasteiger partial charge in [0.25, 0.3) is 0 Å². The zero-order valence-corrected chi connectivity index (χ0v) is 10.5. The van der Waals surface area contributed by atoms with Crippen molar-refractivity contribution in [2.24, 2.45) is 17.6 Å². The van der Waals surface area contributed by atoms with Crippen LogP contribution in [0.3, 0.4) is 0 Å². The first kappa shape index (κ1) is 14.3. The van der Waals surface area contributed by atoms with Gasteiger partial charge in [0.2, 0.25) is 5.91 Å². The molecule has 18 heavy (non-hydrogen) atoms. The molecule has 0 bridgehead atoms. The number of nitrogens with two attached hydrogens (primary N) is 1. The number of carbonyl (C=O) groups is 3. The van der Waals surface area contributed by atoms with Gasteiger partial charge in [-0.05, 0) is 5.92 Å². The van der Waals surface area contributed by atoms with E-state index in [0.29, 0.717) is 13.1 Å². The number of carbonyl (C=O) groups excluding carboxylic acids is 2. The lowest BCUT2D eigenvalue weighted by atomic mass is 9.97. The van der Waals surface area contributed by atoms with E-state index in [2.05, 4.69) is 5.32 Å². The molecular formula is C11H19N3O4. The molecule has 4 N–H and O–H groups in total. The van der Waals surface area contributed by atoms with Gasteiger partial charge < -0.3 is 21.1 Å². The highest BCUT2D eigenvalue weighted by Crippen LogP contribution is 2.19. The van der Waals surface area contributed by atoms with Gasteiger partial charge in [0, 0.05) is 19.0 Å². The number of hydrogen-bond donors (Lipinski definition) is 3. The van der Waals surface area contributed by atoms with Crippen molar-refractivity contribution in [3.63, 3.8) is 0 Å². The molecular weight excluding hydrogens is 238 g/mol. The molecule has 0 aromatic carbocycles. The largest absolute Gasteiger partial charge is 0.481 e. The monoisotopic (exact) mass is 257 g/mol. The first-order chi connectivity index (χ1) is 8.31. The molecule has 1 atom stereocenters. The zero-order chi connectivity index (χ0) is 13.9. The number of rotatable bonds is 5. The Kier molecular flexibility index (Phi) is 4.52. The molecule has 1 rings (SSSR count). The zero-order valence-electron chi connectivity index (χ0n) is 10.5. The van der Waals surface area contributed by atoms with Crippen LogP contribution >= 0.6 is 0 Å². The van der Waals surface area contributed by atoms with Gasteiger partial charge in [-0.2, -0.15) is 0 Å². The third kappa shape index (κ3) is 3.61. The molecule has 3 amide bonds. The van der Waals surface area contributed by atoms with Crippen LogP contribution in [0.15, 0.2) is 0 Å². The number of urea groups is 1. The Hall–Kier alpha value is -1.79. The highest BCUT2D eigenvalue weighted by Gasteiger charge is 2.34. The van der Waals surface area contributed by atoms with Gasteiger partial charge in [-0.1, -0.05) is 13.8 Å². The number of carboxylic acids is 1. The predicted octanol–water partition coefficient (Wildman–Crippen LogP) is -0.388. The van der Waals surface area contributed by atoms with Crippen molar-refractivity contribution in [1.82, 2.24) is 10.2 Å². The van der Waals surface area contributed by atoms with E-state index in [1.54, 1.807) is 13.8 Å². The van der Waals surface area contributed by atoms with Gasteiger partial charge in [0.1, 0.15) is 6.04 Å². The lowest BCUT2D eigenvalue weighted by molar-refractivity contribution is -0.139. The van der Waals surface area contributed by atoms with Crippen LogP contribution in [0.2, 0.25) is 0 Å². The van der Waals surface area contributed by atoms with Crippen LogP contribution in [0.5, 0.6) is 0 Å². The van der Waals surface area contributed by atoms with Gasteiger partial charge in [0.15, 0.2) is 0 Å². The van der Waals surface area contributed by atoms with Crippen LogP contribution in [-0.2, 0) is 9.59 Å². The number of nitrogens with zero attached hydrogens (tertiary/aromatic N) is 1. The highest BCUT2D eigenvalue weighted by atomic mass is 16.4. The molecule has 0 radical (unpaired) electrons. The molecule has 0 aromatic heterocycles. The quantitative estimate of drug-likeness (QED) is 0.622. The normalized spacial score (nSPS) is 17.2. The fraction of sp³-hybridized carbons (Fsp3) is 0.727. The first-order valence-corrected chi connectivity index (χ1v) is 5.87. The van der Waals surface area contributed by atoms with Crippen molar-refractivity contribution in [1.29, 1.82) is 0 Å². The number of likely N-dealkylation sites (tertiary alicyclic amines) is 1. The summed E-state index contributed by atoms with van der Waals surface area (Å²) in [7, 11) is 0. The Morgan fingerprint density at radius 3 is 2.33 bits per heavy atom. The fourth-order valence-electron chi connectivity index (χ4n) is 1.90. The number of aliphatic carboxylic acids is 1. The van der Waals surface area contributed by atoms with E-state index < -0.39 is 17.9 Å². The minimum Gasteiger partial charge on any atom is -0.481 e. The maximum atomic E-state index is 11.7. The summed E-state index contributed by atoms with van der Waals surface area (Å²) in [5.41, 5.74) is 5.19. The smallest absolute Gasteiger partial charge is 0.318 e. The molecule has 7 nitrogen and oxygen atoms in total. The summed E-state index contributed by atoms with van der Waals surface area (Å²) in [5.74, 6) is -1.51. The van der Waals surface area contributed by atoms with Gasteiger partial charge in [0.05, 0.1) is 6.42 Å². The Morgan fingerprint density at radius 1 is 1.39 bits per heavy atom. The Labute approximate surface area is 105 Å². The number of amides is 3. The highest BCUT2D eigenvalue weighted by molar-refractivity contribution is 5.86. The molecule has 1 fully saturated rings. The average molecular weight is 257 g/mol. The summed E-state index contributed by atoms with van der Waals surface area (Å²) >= 11 is 0. The summed E-state index contributed by atoms with van der Waals surface area (Å²) < 4.78 is 0. The van der Waals surface area contributed by atoms with E-state index in [4.69, 9.17) is 10.8 Å².